The Hall–Kier alpha value is -1.94. The van der Waals surface area contributed by atoms with Gasteiger partial charge in [0.05, 0.1) is 26.4 Å². The molecular weight excluding hydrogens is 1070 g/mol. The zero-order chi connectivity index (χ0) is 59.4. The van der Waals surface area contributed by atoms with Crippen LogP contribution in [0.5, 0.6) is 0 Å². The molecule has 474 valence electrons. The number of hydrogen-bond acceptors (Lipinski definition) is 15. The number of carbonyl (C=O) groups excluding carboxylic acids is 4. The molecule has 3 N–H and O–H groups in total. The van der Waals surface area contributed by atoms with Gasteiger partial charge in [-0.25, -0.2) is 9.13 Å². The van der Waals surface area contributed by atoms with Crippen LogP contribution in [0.4, 0.5) is 0 Å². The Kier molecular flexibility index (Phi) is 52.5. The summed E-state index contributed by atoms with van der Waals surface area (Å²) in [4.78, 5) is 71.9. The van der Waals surface area contributed by atoms with E-state index in [-0.39, 0.29) is 25.7 Å². The maximum atomic E-state index is 12.9. The first-order valence-electron chi connectivity index (χ1n) is 32.0. The van der Waals surface area contributed by atoms with Crippen LogP contribution in [0.25, 0.3) is 0 Å². The second-order valence-electron chi connectivity index (χ2n) is 23.0. The van der Waals surface area contributed by atoms with Crippen molar-refractivity contribution in [1.29, 1.82) is 0 Å². The molecule has 80 heavy (non-hydrogen) atoms. The van der Waals surface area contributed by atoms with Gasteiger partial charge in [0.2, 0.25) is 0 Å². The molecule has 0 aliphatic rings. The van der Waals surface area contributed by atoms with E-state index in [1.54, 1.807) is 0 Å². The first-order chi connectivity index (χ1) is 38.4. The largest absolute Gasteiger partial charge is 0.472 e. The van der Waals surface area contributed by atoms with E-state index in [1.165, 1.54) is 103 Å². The molecule has 0 rings (SSSR count). The van der Waals surface area contributed by atoms with Crippen molar-refractivity contribution in [3.05, 3.63) is 0 Å². The number of rotatable bonds is 60. The SMILES string of the molecule is CCCCCCCCCCCCCCCCC(=O)O[C@H](COC(=O)CCCCCCCCC(C)C)COP(=O)(O)OC[C@@H](O)COP(=O)(O)OC[C@@H](COC(=O)CCCCCCCCCC)OC(=O)CCCCCCCCC(C)C. The Morgan fingerprint density at radius 3 is 0.850 bits per heavy atom. The smallest absolute Gasteiger partial charge is 0.462 e. The van der Waals surface area contributed by atoms with Crippen molar-refractivity contribution in [3.8, 4) is 0 Å². The normalized spacial score (nSPS) is 14.4. The van der Waals surface area contributed by atoms with E-state index in [0.29, 0.717) is 37.5 Å². The van der Waals surface area contributed by atoms with Crippen molar-refractivity contribution in [1.82, 2.24) is 0 Å². The first-order valence-corrected chi connectivity index (χ1v) is 35.0. The lowest BCUT2D eigenvalue weighted by Gasteiger charge is -2.21. The molecule has 0 aromatic carbocycles. The Bertz CT molecular complexity index is 1580. The number of unbranched alkanes of at least 4 members (excludes halogenated alkanes) is 30. The number of phosphoric ester groups is 2. The molecule has 0 bridgehead atoms. The fraction of sp³-hybridized carbons (Fsp3) is 0.934. The average molecular weight is 1190 g/mol. The molecule has 0 saturated heterocycles. The topological polar surface area (TPSA) is 237 Å². The molecule has 0 aromatic heterocycles. The quantitative estimate of drug-likeness (QED) is 0.0222. The minimum atomic E-state index is -4.94. The van der Waals surface area contributed by atoms with Gasteiger partial charge in [-0.15, -0.1) is 0 Å². The van der Waals surface area contributed by atoms with E-state index in [4.69, 9.17) is 37.0 Å². The summed E-state index contributed by atoms with van der Waals surface area (Å²) in [6, 6.07) is 0. The second-order valence-corrected chi connectivity index (χ2v) is 25.9. The third kappa shape index (κ3) is 55.3. The van der Waals surface area contributed by atoms with E-state index in [9.17, 15) is 43.2 Å². The van der Waals surface area contributed by atoms with E-state index >= 15 is 0 Å². The van der Waals surface area contributed by atoms with E-state index in [2.05, 4.69) is 41.5 Å². The highest BCUT2D eigenvalue weighted by Gasteiger charge is 2.30. The average Bonchev–Trinajstić information content (AvgIpc) is 3.41. The lowest BCUT2D eigenvalue weighted by Crippen LogP contribution is -2.30. The monoisotopic (exact) mass is 1180 g/mol. The summed E-state index contributed by atoms with van der Waals surface area (Å²) in [6.07, 6.45) is 35.2. The van der Waals surface area contributed by atoms with Gasteiger partial charge in [-0.2, -0.15) is 0 Å². The van der Waals surface area contributed by atoms with Crippen molar-refractivity contribution >= 4 is 39.5 Å². The molecule has 5 atom stereocenters. The van der Waals surface area contributed by atoms with Gasteiger partial charge < -0.3 is 33.8 Å². The summed E-state index contributed by atoms with van der Waals surface area (Å²) in [6.45, 7) is 9.27. The minimum Gasteiger partial charge on any atom is -0.462 e. The molecule has 2 unspecified atom stereocenters. The van der Waals surface area contributed by atoms with Crippen LogP contribution < -0.4 is 0 Å². The van der Waals surface area contributed by atoms with Crippen LogP contribution in [0.15, 0.2) is 0 Å². The lowest BCUT2D eigenvalue weighted by molar-refractivity contribution is -0.161. The fourth-order valence-corrected chi connectivity index (χ4v) is 10.6. The van der Waals surface area contributed by atoms with Crippen molar-refractivity contribution in [2.24, 2.45) is 11.8 Å². The predicted molar refractivity (Wildman–Crippen MR) is 317 cm³/mol. The molecule has 0 saturated carbocycles. The highest BCUT2D eigenvalue weighted by Crippen LogP contribution is 2.45. The number of aliphatic hydroxyl groups excluding tert-OH is 1. The summed E-state index contributed by atoms with van der Waals surface area (Å²) in [5.41, 5.74) is 0. The van der Waals surface area contributed by atoms with Crippen LogP contribution in [0.3, 0.4) is 0 Å². The van der Waals surface area contributed by atoms with Crippen molar-refractivity contribution in [2.75, 3.05) is 39.6 Å². The van der Waals surface area contributed by atoms with E-state index in [0.717, 1.165) is 103 Å². The van der Waals surface area contributed by atoms with Crippen molar-refractivity contribution < 1.29 is 80.2 Å². The first kappa shape index (κ1) is 78.1. The maximum Gasteiger partial charge on any atom is 0.472 e. The zero-order valence-corrected chi connectivity index (χ0v) is 53.2. The number of hydrogen-bond donors (Lipinski definition) is 3. The van der Waals surface area contributed by atoms with E-state index < -0.39 is 97.5 Å². The van der Waals surface area contributed by atoms with Crippen LogP contribution in [0.2, 0.25) is 0 Å². The summed E-state index contributed by atoms with van der Waals surface area (Å²) in [7, 11) is -9.88. The third-order valence-electron chi connectivity index (χ3n) is 14.0. The summed E-state index contributed by atoms with van der Waals surface area (Å²) < 4.78 is 67.7. The molecule has 19 heteroatoms. The zero-order valence-electron chi connectivity index (χ0n) is 51.4. The molecule has 0 aliphatic carbocycles. The Labute approximate surface area is 486 Å². The Morgan fingerprint density at radius 1 is 0.338 bits per heavy atom. The summed E-state index contributed by atoms with van der Waals surface area (Å²) in [5.74, 6) is -0.796. The molecule has 0 heterocycles. The molecule has 0 fully saturated rings. The Balaban J connectivity index is 5.21. The number of phosphoric acid groups is 2. The number of ether oxygens (including phenoxy) is 4. The lowest BCUT2D eigenvalue weighted by atomic mass is 10.0. The van der Waals surface area contributed by atoms with Crippen molar-refractivity contribution in [2.45, 2.75) is 317 Å². The molecule has 0 aliphatic heterocycles. The van der Waals surface area contributed by atoms with E-state index in [1.807, 2.05) is 0 Å². The van der Waals surface area contributed by atoms with Gasteiger partial charge in [0.1, 0.15) is 19.3 Å². The van der Waals surface area contributed by atoms with Crippen molar-refractivity contribution in [3.63, 3.8) is 0 Å². The van der Waals surface area contributed by atoms with Gasteiger partial charge in [-0.3, -0.25) is 37.3 Å². The van der Waals surface area contributed by atoms with Crippen LogP contribution in [-0.4, -0.2) is 96.7 Å². The van der Waals surface area contributed by atoms with Gasteiger partial charge in [-0.1, -0.05) is 247 Å². The fourth-order valence-electron chi connectivity index (χ4n) is 9.00. The number of aliphatic hydroxyl groups is 1. The summed E-state index contributed by atoms with van der Waals surface area (Å²) >= 11 is 0. The molecule has 0 amide bonds. The van der Waals surface area contributed by atoms with Crippen LogP contribution in [0, 0.1) is 11.8 Å². The van der Waals surface area contributed by atoms with Crippen LogP contribution in [0.1, 0.15) is 298 Å². The molecule has 0 spiro atoms. The molecule has 0 aromatic rings. The third-order valence-corrected chi connectivity index (χ3v) is 15.9. The standard InChI is InChI=1S/C61H118O17P2/c1-7-9-11-13-15-17-18-19-20-21-22-24-33-39-45-60(65)77-56(50-72-59(64)44-38-32-27-25-29-35-41-53(3)4)51-75-79(67,68)73-47-55(62)48-74-80(69,70)76-52-57(49-71-58(63)43-37-31-23-16-14-12-10-8-2)78-61(66)46-40-34-28-26-30-36-42-54(5)6/h53-57,62H,7-52H2,1-6H3,(H,67,68)(H,69,70)/t55-,56-,57-/m1/s1. The number of esters is 4. The summed E-state index contributed by atoms with van der Waals surface area (Å²) in [5, 5.41) is 10.5. The van der Waals surface area contributed by atoms with Gasteiger partial charge in [0.15, 0.2) is 12.2 Å². The van der Waals surface area contributed by atoms with Crippen LogP contribution in [-0.2, 0) is 65.4 Å². The van der Waals surface area contributed by atoms with Gasteiger partial charge in [0, 0.05) is 25.7 Å². The Morgan fingerprint density at radius 2 is 0.575 bits per heavy atom. The predicted octanol–water partition coefficient (Wildman–Crippen LogP) is 16.5. The molecule has 0 radical (unpaired) electrons. The van der Waals surface area contributed by atoms with Gasteiger partial charge in [-0.05, 0) is 37.5 Å². The number of carbonyl (C=O) groups is 4. The van der Waals surface area contributed by atoms with Crippen LogP contribution >= 0.6 is 15.6 Å². The maximum absolute atomic E-state index is 12.9. The van der Waals surface area contributed by atoms with Gasteiger partial charge >= 0.3 is 39.5 Å². The highest BCUT2D eigenvalue weighted by molar-refractivity contribution is 7.47. The molecular formula is C61H118O17P2. The second kappa shape index (κ2) is 53.8. The highest BCUT2D eigenvalue weighted by atomic mass is 31.2. The molecule has 17 nitrogen and oxygen atoms in total. The minimum absolute atomic E-state index is 0.102. The van der Waals surface area contributed by atoms with Gasteiger partial charge in [0.25, 0.3) is 0 Å².